The zero-order valence-electron chi connectivity index (χ0n) is 10.2. The molecule has 0 unspecified atom stereocenters. The largest absolute Gasteiger partial charge is 0.573 e. The normalized spacial score (nSPS) is 11.2. The van der Waals surface area contributed by atoms with Crippen LogP contribution in [0.5, 0.6) is 5.75 Å². The molecule has 0 bridgehead atoms. The molecular weight excluding hydrogens is 295 g/mol. The van der Waals surface area contributed by atoms with Crippen LogP contribution in [0.25, 0.3) is 0 Å². The van der Waals surface area contributed by atoms with Crippen LogP contribution in [-0.2, 0) is 0 Å². The number of nitrogens with one attached hydrogen (secondary N) is 1. The third kappa shape index (κ3) is 3.99. The topological polar surface area (TPSA) is 47.0 Å². The summed E-state index contributed by atoms with van der Waals surface area (Å²) in [6.07, 6.45) is -3.22. The lowest BCUT2D eigenvalue weighted by molar-refractivity contribution is -0.274. The van der Waals surface area contributed by atoms with Gasteiger partial charge in [-0.2, -0.15) is 0 Å². The highest BCUT2D eigenvalue weighted by atomic mass is 35.5. The molecule has 0 spiro atoms. The number of benzene rings is 1. The molecule has 4 nitrogen and oxygen atoms in total. The van der Waals surface area contributed by atoms with E-state index in [9.17, 15) is 13.2 Å². The maximum Gasteiger partial charge on any atom is 0.573 e. The van der Waals surface area contributed by atoms with Crippen LogP contribution in [0.4, 0.5) is 24.7 Å². The number of hydrogen-bond donors (Lipinski definition) is 1. The summed E-state index contributed by atoms with van der Waals surface area (Å²) in [4.78, 5) is 7.74. The van der Waals surface area contributed by atoms with Gasteiger partial charge in [-0.05, 0) is 30.7 Å². The van der Waals surface area contributed by atoms with Gasteiger partial charge in [0.25, 0.3) is 0 Å². The highest BCUT2D eigenvalue weighted by Crippen LogP contribution is 2.27. The van der Waals surface area contributed by atoms with Crippen LogP contribution in [0.3, 0.4) is 0 Å². The summed E-state index contributed by atoms with van der Waals surface area (Å²) >= 11 is 5.67. The molecule has 0 saturated heterocycles. The Kier molecular flexibility index (Phi) is 3.99. The lowest BCUT2D eigenvalue weighted by Crippen LogP contribution is -2.17. The van der Waals surface area contributed by atoms with E-state index in [1.165, 1.54) is 24.4 Å². The van der Waals surface area contributed by atoms with Crippen molar-refractivity contribution in [3.8, 4) is 5.75 Å². The standard InChI is InChI=1S/C12H9ClF3N3O/c1-7-6-17-11(13)19-10(7)18-8-3-2-4-9(5-8)20-12(14,15)16/h2-6H,1H3,(H,17,18,19). The van der Waals surface area contributed by atoms with E-state index in [0.717, 1.165) is 0 Å². The molecule has 0 saturated carbocycles. The molecule has 1 aromatic carbocycles. The number of alkyl halides is 3. The van der Waals surface area contributed by atoms with Crippen LogP contribution in [0.2, 0.25) is 5.28 Å². The Hall–Kier alpha value is -2.02. The summed E-state index contributed by atoms with van der Waals surface area (Å²) < 4.78 is 40.2. The van der Waals surface area contributed by atoms with Gasteiger partial charge in [-0.3, -0.25) is 0 Å². The van der Waals surface area contributed by atoms with Crippen LogP contribution in [0.1, 0.15) is 5.56 Å². The number of nitrogens with zero attached hydrogens (tertiary/aromatic N) is 2. The first-order valence-electron chi connectivity index (χ1n) is 5.45. The maximum atomic E-state index is 12.1. The molecule has 8 heteroatoms. The van der Waals surface area contributed by atoms with Crippen molar-refractivity contribution in [1.82, 2.24) is 9.97 Å². The molecule has 0 aliphatic rings. The number of rotatable bonds is 3. The zero-order chi connectivity index (χ0) is 14.8. The van der Waals surface area contributed by atoms with E-state index >= 15 is 0 Å². The third-order valence-electron chi connectivity index (χ3n) is 2.27. The summed E-state index contributed by atoms with van der Waals surface area (Å²) in [6.45, 7) is 1.74. The van der Waals surface area contributed by atoms with Gasteiger partial charge in [0.05, 0.1) is 0 Å². The fraction of sp³-hybridized carbons (Fsp3) is 0.167. The maximum absolute atomic E-state index is 12.1. The van der Waals surface area contributed by atoms with E-state index < -0.39 is 6.36 Å². The number of ether oxygens (including phenoxy) is 1. The highest BCUT2D eigenvalue weighted by Gasteiger charge is 2.31. The van der Waals surface area contributed by atoms with Gasteiger partial charge in [0.15, 0.2) is 0 Å². The Balaban J connectivity index is 2.21. The second-order valence-corrected chi connectivity index (χ2v) is 4.21. The van der Waals surface area contributed by atoms with Gasteiger partial charge in [0, 0.05) is 23.5 Å². The van der Waals surface area contributed by atoms with Gasteiger partial charge >= 0.3 is 6.36 Å². The molecule has 20 heavy (non-hydrogen) atoms. The summed E-state index contributed by atoms with van der Waals surface area (Å²) in [5.41, 5.74) is 1.10. The third-order valence-corrected chi connectivity index (χ3v) is 2.45. The van der Waals surface area contributed by atoms with Gasteiger partial charge in [-0.25, -0.2) is 9.97 Å². The monoisotopic (exact) mass is 303 g/mol. The highest BCUT2D eigenvalue weighted by molar-refractivity contribution is 6.28. The van der Waals surface area contributed by atoms with E-state index in [1.807, 2.05) is 0 Å². The zero-order valence-corrected chi connectivity index (χ0v) is 11.0. The van der Waals surface area contributed by atoms with Crippen LogP contribution in [0.15, 0.2) is 30.5 Å². The molecule has 106 valence electrons. The number of aryl methyl sites for hydroxylation is 1. The molecule has 1 aromatic heterocycles. The molecular formula is C12H9ClF3N3O. The number of aromatic nitrogens is 2. The summed E-state index contributed by atoms with van der Waals surface area (Å²) in [7, 11) is 0. The summed E-state index contributed by atoms with van der Waals surface area (Å²) in [6, 6.07) is 5.43. The van der Waals surface area contributed by atoms with E-state index in [-0.39, 0.29) is 11.0 Å². The summed E-state index contributed by atoms with van der Waals surface area (Å²) in [5, 5.41) is 2.90. The van der Waals surface area contributed by atoms with E-state index in [1.54, 1.807) is 13.0 Å². The number of anilines is 2. The van der Waals surface area contributed by atoms with Crippen molar-refractivity contribution in [2.45, 2.75) is 13.3 Å². The van der Waals surface area contributed by atoms with Crippen LogP contribution >= 0.6 is 11.6 Å². The first kappa shape index (κ1) is 14.4. The first-order valence-corrected chi connectivity index (χ1v) is 5.83. The predicted octanol–water partition coefficient (Wildman–Crippen LogP) is 4.08. The van der Waals surface area contributed by atoms with E-state index in [0.29, 0.717) is 17.1 Å². The van der Waals surface area contributed by atoms with Gasteiger partial charge in [-0.15, -0.1) is 13.2 Å². The molecule has 2 aromatic rings. The van der Waals surface area contributed by atoms with Crippen LogP contribution in [-0.4, -0.2) is 16.3 Å². The SMILES string of the molecule is Cc1cnc(Cl)nc1Nc1cccc(OC(F)(F)F)c1. The van der Waals surface area contributed by atoms with Gasteiger partial charge < -0.3 is 10.1 Å². The Labute approximate surface area is 117 Å². The average Bonchev–Trinajstić information content (AvgIpc) is 2.32. The van der Waals surface area contributed by atoms with Crippen LogP contribution < -0.4 is 10.1 Å². The lowest BCUT2D eigenvalue weighted by atomic mass is 10.3. The fourth-order valence-corrected chi connectivity index (χ4v) is 1.59. The first-order chi connectivity index (χ1) is 9.33. The molecule has 2 rings (SSSR count). The molecule has 1 heterocycles. The van der Waals surface area contributed by atoms with Crippen molar-refractivity contribution in [3.05, 3.63) is 41.3 Å². The second-order valence-electron chi connectivity index (χ2n) is 3.87. The van der Waals surface area contributed by atoms with E-state index in [4.69, 9.17) is 11.6 Å². The van der Waals surface area contributed by atoms with Crippen molar-refractivity contribution in [2.75, 3.05) is 5.32 Å². The van der Waals surface area contributed by atoms with Gasteiger partial charge in [0.2, 0.25) is 5.28 Å². The minimum absolute atomic E-state index is 0.0424. The van der Waals surface area contributed by atoms with Gasteiger partial charge in [0.1, 0.15) is 11.6 Å². The minimum Gasteiger partial charge on any atom is -0.406 e. The van der Waals surface area contributed by atoms with Crippen molar-refractivity contribution < 1.29 is 17.9 Å². The Morgan fingerprint density at radius 2 is 2.05 bits per heavy atom. The molecule has 0 atom stereocenters. The van der Waals surface area contributed by atoms with Gasteiger partial charge in [-0.1, -0.05) is 6.07 Å². The Bertz CT molecular complexity index is 619. The summed E-state index contributed by atoms with van der Waals surface area (Å²) in [5.74, 6) is 0.0921. The molecule has 0 aliphatic carbocycles. The number of hydrogen-bond acceptors (Lipinski definition) is 4. The molecule has 0 fully saturated rings. The molecule has 0 aliphatic heterocycles. The van der Waals surface area contributed by atoms with Crippen molar-refractivity contribution in [3.63, 3.8) is 0 Å². The predicted molar refractivity (Wildman–Crippen MR) is 68.2 cm³/mol. The number of halogens is 4. The minimum atomic E-state index is -4.73. The molecule has 0 radical (unpaired) electrons. The van der Waals surface area contributed by atoms with E-state index in [2.05, 4.69) is 20.0 Å². The van der Waals surface area contributed by atoms with Crippen molar-refractivity contribution in [1.29, 1.82) is 0 Å². The Morgan fingerprint density at radius 3 is 2.75 bits per heavy atom. The molecule has 1 N–H and O–H groups in total. The van der Waals surface area contributed by atoms with Crippen LogP contribution in [0, 0.1) is 6.92 Å². The second kappa shape index (κ2) is 5.54. The van der Waals surface area contributed by atoms with Crippen molar-refractivity contribution in [2.24, 2.45) is 0 Å². The lowest BCUT2D eigenvalue weighted by Gasteiger charge is -2.11. The smallest absolute Gasteiger partial charge is 0.406 e. The fourth-order valence-electron chi connectivity index (χ4n) is 1.45. The molecule has 0 amide bonds. The van der Waals surface area contributed by atoms with Crippen molar-refractivity contribution >= 4 is 23.1 Å². The Morgan fingerprint density at radius 1 is 1.30 bits per heavy atom. The average molecular weight is 304 g/mol. The quantitative estimate of drug-likeness (QED) is 0.868.